The molecule has 0 fully saturated rings. The third kappa shape index (κ3) is 3.52. The van der Waals surface area contributed by atoms with E-state index in [-0.39, 0.29) is 40.1 Å². The Morgan fingerprint density at radius 2 is 1.89 bits per heavy atom. The van der Waals surface area contributed by atoms with E-state index in [0.29, 0.717) is 10.5 Å². The summed E-state index contributed by atoms with van der Waals surface area (Å²) in [5, 5.41) is 34.6. The minimum atomic E-state index is -3.67. The molecule has 3 aromatic heterocycles. The molecule has 14 heteroatoms. The first kappa shape index (κ1) is 23.3. The van der Waals surface area contributed by atoms with Gasteiger partial charge in [0.25, 0.3) is 5.91 Å². The van der Waals surface area contributed by atoms with E-state index in [1.165, 1.54) is 29.0 Å². The van der Waals surface area contributed by atoms with Crippen LogP contribution in [0.3, 0.4) is 0 Å². The standard InChI is InChI=1S/C23H15F4N5O5/c24-10-5-9(7-28-8-10)14-3-4-31-20(29-14)17-12-6-15(18(17)30-31)32(23(34,35)36)21(33)11-1-2-13(25)19(16(11)12)37-22(26)27/h1-5,7-8,12,15,22,34-36H,6H2. The van der Waals surface area contributed by atoms with Crippen molar-refractivity contribution in [3.05, 3.63) is 76.9 Å². The SMILES string of the molecule is O=C1c2ccc(F)c(OC(F)F)c2C2CC(c3nn4ccc(-c5cncc(F)c5)nc4c32)N1C(O)(O)O. The van der Waals surface area contributed by atoms with Gasteiger partial charge >= 0.3 is 12.7 Å². The van der Waals surface area contributed by atoms with Crippen LogP contribution in [-0.4, -0.2) is 58.4 Å². The zero-order valence-corrected chi connectivity index (χ0v) is 18.4. The first-order valence-corrected chi connectivity index (χ1v) is 10.8. The monoisotopic (exact) mass is 517 g/mol. The highest BCUT2D eigenvalue weighted by Gasteiger charge is 2.53. The van der Waals surface area contributed by atoms with Gasteiger partial charge in [0.15, 0.2) is 17.2 Å². The van der Waals surface area contributed by atoms with Crippen molar-refractivity contribution in [3.8, 4) is 17.0 Å². The second-order valence-electron chi connectivity index (χ2n) is 8.57. The van der Waals surface area contributed by atoms with Crippen LogP contribution in [0.4, 0.5) is 17.6 Å². The van der Waals surface area contributed by atoms with Gasteiger partial charge in [-0.05, 0) is 30.7 Å². The number of pyridine rings is 1. The van der Waals surface area contributed by atoms with Crippen molar-refractivity contribution < 1.29 is 42.4 Å². The van der Waals surface area contributed by atoms with Gasteiger partial charge in [0.1, 0.15) is 5.82 Å². The van der Waals surface area contributed by atoms with Crippen molar-refractivity contribution in [3.63, 3.8) is 0 Å². The van der Waals surface area contributed by atoms with Crippen LogP contribution in [0.1, 0.15) is 45.6 Å². The van der Waals surface area contributed by atoms with Crippen molar-refractivity contribution in [2.45, 2.75) is 31.1 Å². The summed E-state index contributed by atoms with van der Waals surface area (Å²) < 4.78 is 60.8. The number of amides is 1. The maximum absolute atomic E-state index is 14.8. The Balaban J connectivity index is 1.65. The Hall–Kier alpha value is -4.14. The van der Waals surface area contributed by atoms with Crippen LogP contribution in [-0.2, 0) is 0 Å². The lowest BCUT2D eigenvalue weighted by Gasteiger charge is -2.34. The summed E-state index contributed by atoms with van der Waals surface area (Å²) in [6.45, 7) is -3.44. The van der Waals surface area contributed by atoms with Gasteiger partial charge in [0.05, 0.1) is 23.6 Å². The minimum Gasteiger partial charge on any atom is -0.431 e. The van der Waals surface area contributed by atoms with Crippen LogP contribution in [0, 0.1) is 11.6 Å². The first-order valence-electron chi connectivity index (χ1n) is 10.8. The predicted octanol–water partition coefficient (Wildman–Crippen LogP) is 2.29. The van der Waals surface area contributed by atoms with E-state index >= 15 is 0 Å². The van der Waals surface area contributed by atoms with Gasteiger partial charge < -0.3 is 20.1 Å². The normalized spacial score (nSPS) is 18.8. The second-order valence-corrected chi connectivity index (χ2v) is 8.57. The Kier molecular flexibility index (Phi) is 4.99. The van der Waals surface area contributed by atoms with Gasteiger partial charge in [-0.2, -0.15) is 13.9 Å². The summed E-state index contributed by atoms with van der Waals surface area (Å²) in [7, 11) is 0. The van der Waals surface area contributed by atoms with E-state index in [2.05, 4.69) is 19.8 Å². The summed E-state index contributed by atoms with van der Waals surface area (Å²) in [6, 6.07) is 3.15. The van der Waals surface area contributed by atoms with Crippen LogP contribution < -0.4 is 4.74 Å². The first-order chi connectivity index (χ1) is 17.5. The zero-order valence-electron chi connectivity index (χ0n) is 18.4. The highest BCUT2D eigenvalue weighted by Crippen LogP contribution is 2.55. The number of ether oxygens (including phenoxy) is 1. The lowest BCUT2D eigenvalue weighted by Crippen LogP contribution is -2.53. The van der Waals surface area contributed by atoms with Crippen molar-refractivity contribution in [2.75, 3.05) is 0 Å². The number of aromatic nitrogens is 4. The number of hydrogen-bond acceptors (Lipinski definition) is 8. The molecule has 0 saturated heterocycles. The molecule has 1 aliphatic heterocycles. The molecule has 4 aromatic rings. The number of aliphatic hydroxyl groups is 3. The Morgan fingerprint density at radius 1 is 1.11 bits per heavy atom. The number of benzene rings is 1. The average molecular weight is 517 g/mol. The fourth-order valence-electron chi connectivity index (χ4n) is 5.13. The largest absolute Gasteiger partial charge is 0.431 e. The molecule has 2 unspecified atom stereocenters. The highest BCUT2D eigenvalue weighted by atomic mass is 19.3. The summed E-state index contributed by atoms with van der Waals surface area (Å²) in [6.07, 6.45) is -0.00870. The van der Waals surface area contributed by atoms with Crippen molar-refractivity contribution >= 4 is 11.6 Å². The molecule has 0 radical (unpaired) electrons. The molecule has 190 valence electrons. The maximum atomic E-state index is 14.8. The third-order valence-corrected chi connectivity index (χ3v) is 6.46. The maximum Gasteiger partial charge on any atom is 0.387 e. The molecule has 0 spiro atoms. The summed E-state index contributed by atoms with van der Waals surface area (Å²) in [5.74, 6) is -4.88. The molecule has 0 saturated carbocycles. The van der Waals surface area contributed by atoms with E-state index in [4.69, 9.17) is 0 Å². The molecule has 10 nitrogen and oxygen atoms in total. The molecule has 1 amide bonds. The quantitative estimate of drug-likeness (QED) is 0.278. The van der Waals surface area contributed by atoms with Crippen molar-refractivity contribution in [2.24, 2.45) is 0 Å². The molecule has 4 heterocycles. The number of fused-ring (bicyclic) bond motifs is 9. The molecule has 1 aliphatic carbocycles. The van der Waals surface area contributed by atoms with Gasteiger partial charge in [-0.1, -0.05) is 0 Å². The van der Waals surface area contributed by atoms with Crippen molar-refractivity contribution in [1.29, 1.82) is 0 Å². The highest BCUT2D eigenvalue weighted by molar-refractivity contribution is 5.98. The van der Waals surface area contributed by atoms with E-state index in [1.54, 1.807) is 0 Å². The molecule has 37 heavy (non-hydrogen) atoms. The Labute approximate surface area is 204 Å². The molecular formula is C23H15F4N5O5. The number of alkyl halides is 2. The minimum absolute atomic E-state index is 0.0693. The number of halogens is 4. The molecule has 2 bridgehead atoms. The van der Waals surface area contributed by atoms with Crippen LogP contribution in [0.5, 0.6) is 5.75 Å². The summed E-state index contributed by atoms with van der Waals surface area (Å²) >= 11 is 0. The van der Waals surface area contributed by atoms with Crippen LogP contribution in [0.2, 0.25) is 0 Å². The third-order valence-electron chi connectivity index (χ3n) is 6.46. The fraction of sp³-hybridized carbons (Fsp3) is 0.217. The lowest BCUT2D eigenvalue weighted by molar-refractivity contribution is -0.385. The van der Waals surface area contributed by atoms with E-state index in [9.17, 15) is 37.7 Å². The smallest absolute Gasteiger partial charge is 0.387 e. The van der Waals surface area contributed by atoms with Gasteiger partial charge in [-0.3, -0.25) is 14.7 Å². The number of rotatable bonds is 4. The van der Waals surface area contributed by atoms with Crippen LogP contribution in [0.25, 0.3) is 16.9 Å². The molecular weight excluding hydrogens is 502 g/mol. The van der Waals surface area contributed by atoms with E-state index < -0.39 is 48.0 Å². The van der Waals surface area contributed by atoms with E-state index in [0.717, 1.165) is 18.3 Å². The topological polar surface area (TPSA) is 133 Å². The Morgan fingerprint density at radius 3 is 2.59 bits per heavy atom. The van der Waals surface area contributed by atoms with E-state index in [1.807, 2.05) is 0 Å². The number of hydrogen-bond donors (Lipinski definition) is 3. The van der Waals surface area contributed by atoms with Crippen molar-refractivity contribution in [1.82, 2.24) is 24.5 Å². The predicted molar refractivity (Wildman–Crippen MR) is 114 cm³/mol. The molecule has 3 N–H and O–H groups in total. The van der Waals surface area contributed by atoms with Gasteiger partial charge in [-0.25, -0.2) is 18.3 Å². The number of carbonyl (C=O) groups is 1. The number of carbonyl (C=O) groups excluding carboxylic acids is 1. The zero-order chi connectivity index (χ0) is 26.2. The van der Waals surface area contributed by atoms with Crippen LogP contribution in [0.15, 0.2) is 42.9 Å². The van der Waals surface area contributed by atoms with Crippen LogP contribution >= 0.6 is 0 Å². The molecule has 2 aliphatic rings. The molecule has 2 atom stereocenters. The van der Waals surface area contributed by atoms with Gasteiger partial charge in [0, 0.05) is 40.6 Å². The summed E-state index contributed by atoms with van der Waals surface area (Å²) in [5.41, 5.74) is 0.399. The second kappa shape index (κ2) is 7.93. The average Bonchev–Trinajstić information content (AvgIpc) is 3.32. The molecule has 1 aromatic carbocycles. The lowest BCUT2D eigenvalue weighted by atomic mass is 9.89. The molecule has 6 rings (SSSR count). The number of nitrogens with zero attached hydrogens (tertiary/aromatic N) is 5. The summed E-state index contributed by atoms with van der Waals surface area (Å²) in [4.78, 5) is 21.9. The van der Waals surface area contributed by atoms with Gasteiger partial charge in [-0.15, -0.1) is 0 Å². The fourth-order valence-corrected chi connectivity index (χ4v) is 5.13. The Bertz CT molecular complexity index is 1590. The van der Waals surface area contributed by atoms with Gasteiger partial charge in [0.2, 0.25) is 0 Å².